The number of thiazole rings is 1. The number of fused-ring (bicyclic) bond motifs is 1. The smallest absolute Gasteiger partial charge is 0.255 e. The molecule has 26 heavy (non-hydrogen) atoms. The Labute approximate surface area is 159 Å². The van der Waals surface area contributed by atoms with E-state index in [1.54, 1.807) is 23.1 Å². The molecule has 2 N–H and O–H groups in total. The Hall–Kier alpha value is -2.57. The maximum absolute atomic E-state index is 12.5. The van der Waals surface area contributed by atoms with E-state index < -0.39 is 0 Å². The fraction of sp³-hybridized carbons (Fsp3) is 0.100. The van der Waals surface area contributed by atoms with Crippen molar-refractivity contribution in [2.75, 3.05) is 5.32 Å². The second kappa shape index (κ2) is 7.35. The highest BCUT2D eigenvalue weighted by Gasteiger charge is 2.09. The lowest BCUT2D eigenvalue weighted by Crippen LogP contribution is -2.11. The van der Waals surface area contributed by atoms with Gasteiger partial charge in [0.05, 0.1) is 5.69 Å². The topological polar surface area (TPSA) is 57.8 Å². The second-order valence-corrected chi connectivity index (χ2v) is 8.02. The molecular weight excluding hydrogens is 362 g/mol. The van der Waals surface area contributed by atoms with Gasteiger partial charge in [-0.15, -0.1) is 11.3 Å². The minimum Gasteiger partial charge on any atom is -0.361 e. The lowest BCUT2D eigenvalue weighted by molar-refractivity contribution is 0.102. The van der Waals surface area contributed by atoms with Gasteiger partial charge < -0.3 is 10.3 Å². The van der Waals surface area contributed by atoms with Gasteiger partial charge >= 0.3 is 0 Å². The maximum Gasteiger partial charge on any atom is 0.255 e. The van der Waals surface area contributed by atoms with Crippen LogP contribution in [0.5, 0.6) is 0 Å². The standard InChI is InChI=1S/C20H17N3OS2/c1-13-11-25-20(22-13)26-12-14-5-7-15(8-6-14)19(24)23-18-4-2-3-17-16(18)9-10-21-17/h2-11,21H,12H2,1H3,(H,23,24). The number of amides is 1. The Morgan fingerprint density at radius 2 is 2.04 bits per heavy atom. The van der Waals surface area contributed by atoms with Crippen LogP contribution in [-0.4, -0.2) is 15.9 Å². The van der Waals surface area contributed by atoms with E-state index in [1.165, 1.54) is 5.56 Å². The second-order valence-electron chi connectivity index (χ2n) is 5.94. The quantitative estimate of drug-likeness (QED) is 0.452. The van der Waals surface area contributed by atoms with Crippen LogP contribution >= 0.6 is 23.1 Å². The number of rotatable bonds is 5. The molecule has 0 spiro atoms. The number of nitrogens with one attached hydrogen (secondary N) is 2. The number of carbonyl (C=O) groups excluding carboxylic acids is 1. The van der Waals surface area contributed by atoms with E-state index >= 15 is 0 Å². The molecule has 0 bridgehead atoms. The predicted octanol–water partition coefficient (Wildman–Crippen LogP) is 5.48. The SMILES string of the molecule is Cc1csc(SCc2ccc(C(=O)Nc3cccc4[nH]ccc34)cc2)n1. The van der Waals surface area contributed by atoms with Gasteiger partial charge in [0, 0.05) is 39.5 Å². The molecule has 1 amide bonds. The number of thioether (sulfide) groups is 1. The van der Waals surface area contributed by atoms with Gasteiger partial charge in [-0.3, -0.25) is 4.79 Å². The third-order valence-corrected chi connectivity index (χ3v) is 6.23. The zero-order valence-corrected chi connectivity index (χ0v) is 15.8. The molecule has 4 aromatic rings. The zero-order chi connectivity index (χ0) is 17.9. The van der Waals surface area contributed by atoms with E-state index in [9.17, 15) is 4.79 Å². The first kappa shape index (κ1) is 16.9. The fourth-order valence-electron chi connectivity index (χ4n) is 2.68. The van der Waals surface area contributed by atoms with Crippen molar-refractivity contribution in [3.05, 3.63) is 76.9 Å². The molecule has 0 atom stereocenters. The summed E-state index contributed by atoms with van der Waals surface area (Å²) in [5.41, 5.74) is 4.70. The minimum absolute atomic E-state index is 0.103. The Kier molecular flexibility index (Phi) is 4.77. The summed E-state index contributed by atoms with van der Waals surface area (Å²) in [6.07, 6.45) is 1.87. The van der Waals surface area contributed by atoms with Crippen LogP contribution < -0.4 is 5.32 Å². The number of H-pyrrole nitrogens is 1. The van der Waals surface area contributed by atoms with E-state index in [2.05, 4.69) is 20.7 Å². The number of aromatic amines is 1. The summed E-state index contributed by atoms with van der Waals surface area (Å²) < 4.78 is 1.07. The number of anilines is 1. The monoisotopic (exact) mass is 379 g/mol. The summed E-state index contributed by atoms with van der Waals surface area (Å²) in [6, 6.07) is 15.5. The number of carbonyl (C=O) groups is 1. The van der Waals surface area contributed by atoms with Crippen LogP contribution in [0.1, 0.15) is 21.6 Å². The molecule has 4 nitrogen and oxygen atoms in total. The summed E-state index contributed by atoms with van der Waals surface area (Å²) in [7, 11) is 0. The van der Waals surface area contributed by atoms with Gasteiger partial charge in [0.25, 0.3) is 5.91 Å². The van der Waals surface area contributed by atoms with Gasteiger partial charge in [-0.1, -0.05) is 30.0 Å². The van der Waals surface area contributed by atoms with Crippen LogP contribution in [0.15, 0.2) is 64.4 Å². The van der Waals surface area contributed by atoms with E-state index in [1.807, 2.05) is 61.7 Å². The third-order valence-electron chi connectivity index (χ3n) is 4.02. The van der Waals surface area contributed by atoms with Crippen LogP contribution in [0.4, 0.5) is 5.69 Å². The molecule has 0 aliphatic heterocycles. The van der Waals surface area contributed by atoms with Gasteiger partial charge in [0.2, 0.25) is 0 Å². The number of nitrogens with zero attached hydrogens (tertiary/aromatic N) is 1. The lowest BCUT2D eigenvalue weighted by Gasteiger charge is -2.07. The number of hydrogen-bond donors (Lipinski definition) is 2. The van der Waals surface area contributed by atoms with Crippen LogP contribution in [0.3, 0.4) is 0 Å². The van der Waals surface area contributed by atoms with Gasteiger partial charge in [-0.25, -0.2) is 4.98 Å². The Bertz CT molecular complexity index is 1050. The molecule has 2 aromatic heterocycles. The number of benzene rings is 2. The van der Waals surface area contributed by atoms with Crippen molar-refractivity contribution in [1.82, 2.24) is 9.97 Å². The van der Waals surface area contributed by atoms with Crippen molar-refractivity contribution in [2.24, 2.45) is 0 Å². The van der Waals surface area contributed by atoms with Crippen molar-refractivity contribution in [2.45, 2.75) is 17.0 Å². The summed E-state index contributed by atoms with van der Waals surface area (Å²) in [5, 5.41) is 6.06. The van der Waals surface area contributed by atoms with Crippen molar-refractivity contribution >= 4 is 45.6 Å². The highest BCUT2D eigenvalue weighted by atomic mass is 32.2. The molecule has 2 aromatic carbocycles. The average Bonchev–Trinajstić information content (AvgIpc) is 3.29. The molecule has 6 heteroatoms. The van der Waals surface area contributed by atoms with Crippen LogP contribution in [0.25, 0.3) is 10.9 Å². The first-order chi connectivity index (χ1) is 12.7. The van der Waals surface area contributed by atoms with Crippen LogP contribution in [-0.2, 0) is 5.75 Å². The highest BCUT2D eigenvalue weighted by molar-refractivity contribution is 8.00. The fourth-order valence-corrected chi connectivity index (χ4v) is 4.49. The summed E-state index contributed by atoms with van der Waals surface area (Å²) in [4.78, 5) is 20.1. The van der Waals surface area contributed by atoms with Gasteiger partial charge in [-0.2, -0.15) is 0 Å². The highest BCUT2D eigenvalue weighted by Crippen LogP contribution is 2.26. The molecule has 0 fully saturated rings. The molecule has 2 heterocycles. The molecular formula is C20H17N3OS2. The molecule has 0 aliphatic rings. The van der Waals surface area contributed by atoms with Gasteiger partial charge in [-0.05, 0) is 42.8 Å². The molecule has 130 valence electrons. The molecule has 0 aliphatic carbocycles. The van der Waals surface area contributed by atoms with Gasteiger partial charge in [0.15, 0.2) is 0 Å². The third kappa shape index (κ3) is 3.66. The number of aromatic nitrogens is 2. The summed E-state index contributed by atoms with van der Waals surface area (Å²) in [5.74, 6) is 0.741. The van der Waals surface area contributed by atoms with Crippen molar-refractivity contribution in [1.29, 1.82) is 0 Å². The van der Waals surface area contributed by atoms with Gasteiger partial charge in [0.1, 0.15) is 4.34 Å². The molecule has 0 unspecified atom stereocenters. The summed E-state index contributed by atoms with van der Waals surface area (Å²) >= 11 is 3.38. The first-order valence-electron chi connectivity index (χ1n) is 8.20. The van der Waals surface area contributed by atoms with E-state index in [0.717, 1.165) is 32.4 Å². The Balaban J connectivity index is 1.43. The van der Waals surface area contributed by atoms with Crippen molar-refractivity contribution in [3.8, 4) is 0 Å². The first-order valence-corrected chi connectivity index (χ1v) is 10.1. The van der Waals surface area contributed by atoms with Crippen LogP contribution in [0, 0.1) is 6.92 Å². The lowest BCUT2D eigenvalue weighted by atomic mass is 10.1. The average molecular weight is 380 g/mol. The van der Waals surface area contributed by atoms with E-state index in [0.29, 0.717) is 5.56 Å². The minimum atomic E-state index is -0.103. The van der Waals surface area contributed by atoms with Crippen molar-refractivity contribution in [3.63, 3.8) is 0 Å². The molecule has 0 radical (unpaired) electrons. The molecule has 0 saturated heterocycles. The summed E-state index contributed by atoms with van der Waals surface area (Å²) in [6.45, 7) is 2.00. The molecule has 4 rings (SSSR count). The maximum atomic E-state index is 12.5. The Morgan fingerprint density at radius 1 is 1.19 bits per heavy atom. The number of hydrogen-bond acceptors (Lipinski definition) is 4. The predicted molar refractivity (Wildman–Crippen MR) is 109 cm³/mol. The van der Waals surface area contributed by atoms with E-state index in [-0.39, 0.29) is 5.91 Å². The van der Waals surface area contributed by atoms with E-state index in [4.69, 9.17) is 0 Å². The van der Waals surface area contributed by atoms with Crippen molar-refractivity contribution < 1.29 is 4.79 Å². The molecule has 0 saturated carbocycles. The Morgan fingerprint density at radius 3 is 2.81 bits per heavy atom. The largest absolute Gasteiger partial charge is 0.361 e. The number of aryl methyl sites for hydroxylation is 1. The normalized spacial score (nSPS) is 11.0. The van der Waals surface area contributed by atoms with Crippen LogP contribution in [0.2, 0.25) is 0 Å². The zero-order valence-electron chi connectivity index (χ0n) is 14.2.